The first-order chi connectivity index (χ1) is 11.4. The molecule has 1 amide bonds. The molecule has 1 aromatic carbocycles. The summed E-state index contributed by atoms with van der Waals surface area (Å²) < 4.78 is 11.6. The molecule has 0 saturated carbocycles. The van der Waals surface area contributed by atoms with Gasteiger partial charge in [-0.2, -0.15) is 5.26 Å². The summed E-state index contributed by atoms with van der Waals surface area (Å²) >= 11 is 0. The van der Waals surface area contributed by atoms with Crippen LogP contribution in [0.25, 0.3) is 0 Å². The molecule has 2 atom stereocenters. The Morgan fingerprint density at radius 2 is 2.21 bits per heavy atom. The largest absolute Gasteiger partial charge is 0.444 e. The Labute approximate surface area is 143 Å². The standard InChI is InChI=1S/C19H24N2O3/c1-19(2,3)24-18(22)21-9-4-5-16(21)17-15-7-6-13(12-20)11-14(15)8-10-23-17/h6-7,11,16-17H,4-5,8-10H2,1-3H3. The summed E-state index contributed by atoms with van der Waals surface area (Å²) in [5, 5.41) is 9.09. The molecule has 0 aliphatic carbocycles. The van der Waals surface area contributed by atoms with E-state index in [-0.39, 0.29) is 18.2 Å². The van der Waals surface area contributed by atoms with Crippen LogP contribution in [0, 0.1) is 11.3 Å². The van der Waals surface area contributed by atoms with E-state index < -0.39 is 5.60 Å². The van der Waals surface area contributed by atoms with Gasteiger partial charge >= 0.3 is 6.09 Å². The van der Waals surface area contributed by atoms with Gasteiger partial charge in [0.05, 0.1) is 24.3 Å². The van der Waals surface area contributed by atoms with Crippen molar-refractivity contribution in [1.29, 1.82) is 5.26 Å². The van der Waals surface area contributed by atoms with E-state index in [1.165, 1.54) is 0 Å². The van der Waals surface area contributed by atoms with Crippen molar-refractivity contribution < 1.29 is 14.3 Å². The van der Waals surface area contributed by atoms with Crippen LogP contribution in [-0.2, 0) is 15.9 Å². The second kappa shape index (κ2) is 6.45. The number of carbonyl (C=O) groups is 1. The maximum atomic E-state index is 12.5. The third-order valence-corrected chi connectivity index (χ3v) is 4.52. The molecule has 1 fully saturated rings. The summed E-state index contributed by atoms with van der Waals surface area (Å²) in [4.78, 5) is 14.3. The Hall–Kier alpha value is -2.06. The lowest BCUT2D eigenvalue weighted by Crippen LogP contribution is -2.43. The minimum absolute atomic E-state index is 0.00756. The number of likely N-dealkylation sites (tertiary alicyclic amines) is 1. The van der Waals surface area contributed by atoms with Crippen molar-refractivity contribution in [3.05, 3.63) is 34.9 Å². The van der Waals surface area contributed by atoms with Crippen molar-refractivity contribution in [3.8, 4) is 6.07 Å². The van der Waals surface area contributed by atoms with Gasteiger partial charge in [0.2, 0.25) is 0 Å². The van der Waals surface area contributed by atoms with Gasteiger partial charge in [-0.1, -0.05) is 6.07 Å². The maximum Gasteiger partial charge on any atom is 0.410 e. The fraction of sp³-hybridized carbons (Fsp3) is 0.579. The topological polar surface area (TPSA) is 62.6 Å². The second-order valence-electron chi connectivity index (χ2n) is 7.45. The number of benzene rings is 1. The van der Waals surface area contributed by atoms with E-state index in [1.54, 1.807) is 0 Å². The van der Waals surface area contributed by atoms with Gasteiger partial charge in [-0.3, -0.25) is 0 Å². The molecule has 2 heterocycles. The molecule has 3 rings (SSSR count). The predicted octanol–water partition coefficient (Wildman–Crippen LogP) is 3.57. The summed E-state index contributed by atoms with van der Waals surface area (Å²) in [5.74, 6) is 0. The number of nitrogens with zero attached hydrogens (tertiary/aromatic N) is 2. The highest BCUT2D eigenvalue weighted by atomic mass is 16.6. The molecule has 2 aliphatic heterocycles. The van der Waals surface area contributed by atoms with Crippen LogP contribution in [0.4, 0.5) is 4.79 Å². The molecule has 1 aromatic rings. The van der Waals surface area contributed by atoms with E-state index in [0.717, 1.165) is 30.4 Å². The van der Waals surface area contributed by atoms with E-state index in [4.69, 9.17) is 14.7 Å². The van der Waals surface area contributed by atoms with Crippen LogP contribution in [0.2, 0.25) is 0 Å². The zero-order valence-electron chi connectivity index (χ0n) is 14.5. The highest BCUT2D eigenvalue weighted by Gasteiger charge is 2.40. The zero-order chi connectivity index (χ0) is 17.3. The van der Waals surface area contributed by atoms with Gasteiger partial charge < -0.3 is 14.4 Å². The van der Waals surface area contributed by atoms with Crippen LogP contribution < -0.4 is 0 Å². The minimum atomic E-state index is -0.503. The van der Waals surface area contributed by atoms with Crippen molar-refractivity contribution in [2.24, 2.45) is 0 Å². The van der Waals surface area contributed by atoms with Gasteiger partial charge in [0.15, 0.2) is 0 Å². The van der Waals surface area contributed by atoms with Crippen LogP contribution >= 0.6 is 0 Å². The molecule has 2 unspecified atom stereocenters. The van der Waals surface area contributed by atoms with E-state index in [2.05, 4.69) is 6.07 Å². The van der Waals surface area contributed by atoms with Crippen molar-refractivity contribution in [1.82, 2.24) is 4.90 Å². The molecule has 0 spiro atoms. The van der Waals surface area contributed by atoms with Crippen molar-refractivity contribution in [2.75, 3.05) is 13.2 Å². The Bertz CT molecular complexity index is 672. The third-order valence-electron chi connectivity index (χ3n) is 4.52. The second-order valence-corrected chi connectivity index (χ2v) is 7.45. The molecule has 1 saturated heterocycles. The molecule has 0 aromatic heterocycles. The lowest BCUT2D eigenvalue weighted by atomic mass is 9.91. The lowest BCUT2D eigenvalue weighted by molar-refractivity contribution is -0.0265. The smallest absolute Gasteiger partial charge is 0.410 e. The van der Waals surface area contributed by atoms with E-state index in [1.807, 2.05) is 43.9 Å². The van der Waals surface area contributed by atoms with Crippen molar-refractivity contribution >= 4 is 6.09 Å². The van der Waals surface area contributed by atoms with Crippen LogP contribution in [0.5, 0.6) is 0 Å². The summed E-state index contributed by atoms with van der Waals surface area (Å²) in [7, 11) is 0. The SMILES string of the molecule is CC(C)(C)OC(=O)N1CCCC1C1OCCc2cc(C#N)ccc21. The molecular formula is C19H24N2O3. The van der Waals surface area contributed by atoms with Gasteiger partial charge in [0, 0.05) is 6.54 Å². The normalized spacial score (nSPS) is 23.5. The molecule has 2 aliphatic rings. The van der Waals surface area contributed by atoms with Gasteiger partial charge in [-0.25, -0.2) is 4.79 Å². The Morgan fingerprint density at radius 1 is 1.42 bits per heavy atom. The Kier molecular flexibility index (Phi) is 4.51. The number of rotatable bonds is 1. The number of fused-ring (bicyclic) bond motifs is 1. The zero-order valence-corrected chi connectivity index (χ0v) is 14.5. The summed E-state index contributed by atoms with van der Waals surface area (Å²) in [5.41, 5.74) is 2.42. The highest BCUT2D eigenvalue weighted by molar-refractivity contribution is 5.69. The van der Waals surface area contributed by atoms with Crippen LogP contribution in [-0.4, -0.2) is 35.8 Å². The van der Waals surface area contributed by atoms with Crippen LogP contribution in [0.1, 0.15) is 56.4 Å². The Morgan fingerprint density at radius 3 is 2.92 bits per heavy atom. The molecule has 0 radical (unpaired) electrons. The predicted molar refractivity (Wildman–Crippen MR) is 89.5 cm³/mol. The van der Waals surface area contributed by atoms with Gasteiger partial charge in [0.1, 0.15) is 11.7 Å². The number of amides is 1. The van der Waals surface area contributed by atoms with E-state index >= 15 is 0 Å². The fourth-order valence-corrected chi connectivity index (χ4v) is 3.53. The van der Waals surface area contributed by atoms with Gasteiger partial charge in [-0.05, 0) is 63.3 Å². The monoisotopic (exact) mass is 328 g/mol. The number of hydrogen-bond acceptors (Lipinski definition) is 4. The lowest BCUT2D eigenvalue weighted by Gasteiger charge is -2.36. The number of nitriles is 1. The highest BCUT2D eigenvalue weighted by Crippen LogP contribution is 2.37. The fourth-order valence-electron chi connectivity index (χ4n) is 3.53. The van der Waals surface area contributed by atoms with Crippen molar-refractivity contribution in [3.63, 3.8) is 0 Å². The van der Waals surface area contributed by atoms with Crippen molar-refractivity contribution in [2.45, 2.75) is 57.8 Å². The molecule has 5 nitrogen and oxygen atoms in total. The Balaban J connectivity index is 1.84. The molecule has 0 bridgehead atoms. The molecule has 128 valence electrons. The van der Waals surface area contributed by atoms with E-state index in [0.29, 0.717) is 18.7 Å². The third kappa shape index (κ3) is 3.39. The summed E-state index contributed by atoms with van der Waals surface area (Å²) in [6.07, 6.45) is 2.25. The summed E-state index contributed by atoms with van der Waals surface area (Å²) in [6.45, 7) is 6.96. The minimum Gasteiger partial charge on any atom is -0.444 e. The number of ether oxygens (including phenoxy) is 2. The molecule has 5 heteroatoms. The summed E-state index contributed by atoms with van der Waals surface area (Å²) in [6, 6.07) is 7.93. The van der Waals surface area contributed by atoms with Crippen LogP contribution in [0.15, 0.2) is 18.2 Å². The van der Waals surface area contributed by atoms with E-state index in [9.17, 15) is 4.79 Å². The first kappa shape index (κ1) is 16.8. The number of carbonyl (C=O) groups excluding carboxylic acids is 1. The number of hydrogen-bond donors (Lipinski definition) is 0. The average Bonchev–Trinajstić information content (AvgIpc) is 3.01. The average molecular weight is 328 g/mol. The van der Waals surface area contributed by atoms with Crippen LogP contribution in [0.3, 0.4) is 0 Å². The molecule has 24 heavy (non-hydrogen) atoms. The molecular weight excluding hydrogens is 304 g/mol. The maximum absolute atomic E-state index is 12.5. The quantitative estimate of drug-likeness (QED) is 0.790. The first-order valence-corrected chi connectivity index (χ1v) is 8.53. The first-order valence-electron chi connectivity index (χ1n) is 8.53. The van der Waals surface area contributed by atoms with Gasteiger partial charge in [0.25, 0.3) is 0 Å². The molecule has 0 N–H and O–H groups in total. The van der Waals surface area contributed by atoms with Gasteiger partial charge in [-0.15, -0.1) is 0 Å².